The number of fused-ring (bicyclic) bond motifs is 4. The lowest BCUT2D eigenvalue weighted by molar-refractivity contribution is 0.0953. The van der Waals surface area contributed by atoms with Crippen molar-refractivity contribution < 1.29 is 23.9 Å². The highest BCUT2D eigenvalue weighted by atomic mass is 19.1. The van der Waals surface area contributed by atoms with E-state index in [0.717, 1.165) is 16.7 Å². The highest BCUT2D eigenvalue weighted by molar-refractivity contribution is 6.14. The molecule has 0 saturated heterocycles. The second-order valence-corrected chi connectivity index (χ2v) is 6.29. The minimum atomic E-state index is -1.20. The van der Waals surface area contributed by atoms with Crippen LogP contribution in [0.1, 0.15) is 26.5 Å². The Morgan fingerprint density at radius 2 is 1.83 bits per heavy atom. The number of aromatic nitrogens is 2. The molecule has 0 saturated carbocycles. The molecule has 1 aliphatic rings. The third kappa shape index (κ3) is 3.10. The molecule has 0 radical (unpaired) electrons. The molecule has 2 aromatic carbocycles. The molecular formula is C19H13FN4O5. The van der Waals surface area contributed by atoms with E-state index < -0.39 is 29.2 Å². The number of nitrogens with one attached hydrogen (secondary N) is 2. The molecule has 1 aliphatic heterocycles. The van der Waals surface area contributed by atoms with Crippen LogP contribution in [0.5, 0.6) is 0 Å². The van der Waals surface area contributed by atoms with E-state index in [2.05, 4.69) is 15.6 Å². The Labute approximate surface area is 161 Å². The number of carboxylic acid groups (broad SMARTS) is 1. The average molecular weight is 396 g/mol. The van der Waals surface area contributed by atoms with Gasteiger partial charge in [0.25, 0.3) is 11.5 Å². The highest BCUT2D eigenvalue weighted by Crippen LogP contribution is 2.27. The monoisotopic (exact) mass is 396 g/mol. The maximum atomic E-state index is 13.5. The van der Waals surface area contributed by atoms with Crippen molar-refractivity contribution in [3.05, 3.63) is 69.5 Å². The van der Waals surface area contributed by atoms with Gasteiger partial charge < -0.3 is 15.7 Å². The van der Waals surface area contributed by atoms with E-state index in [1.54, 1.807) is 0 Å². The van der Waals surface area contributed by atoms with E-state index in [1.807, 2.05) is 0 Å². The number of halogens is 1. The zero-order valence-electron chi connectivity index (χ0n) is 14.7. The van der Waals surface area contributed by atoms with Gasteiger partial charge in [-0.3, -0.25) is 19.0 Å². The summed E-state index contributed by atoms with van der Waals surface area (Å²) in [6.45, 7) is 0.0905. The first-order chi connectivity index (χ1) is 13.9. The van der Waals surface area contributed by atoms with Gasteiger partial charge >= 0.3 is 6.09 Å². The van der Waals surface area contributed by atoms with E-state index in [1.165, 1.54) is 24.3 Å². The Morgan fingerprint density at radius 1 is 1.07 bits per heavy atom. The first-order valence-corrected chi connectivity index (χ1v) is 8.53. The summed E-state index contributed by atoms with van der Waals surface area (Å²) in [5, 5.41) is 13.3. The fraction of sp³-hybridized carbons (Fsp3) is 0.105. The predicted molar refractivity (Wildman–Crippen MR) is 99.1 cm³/mol. The molecule has 29 heavy (non-hydrogen) atoms. The summed E-state index contributed by atoms with van der Waals surface area (Å²) in [5.74, 6) is -1.78. The second-order valence-electron chi connectivity index (χ2n) is 6.29. The predicted octanol–water partition coefficient (Wildman–Crippen LogP) is 1.07. The lowest BCUT2D eigenvalue weighted by Crippen LogP contribution is -2.34. The molecule has 2 heterocycles. The molecule has 9 nitrogen and oxygen atoms in total. The summed E-state index contributed by atoms with van der Waals surface area (Å²) in [4.78, 5) is 52.3. The van der Waals surface area contributed by atoms with Crippen LogP contribution in [0.25, 0.3) is 16.6 Å². The van der Waals surface area contributed by atoms with Crippen LogP contribution in [-0.4, -0.2) is 45.5 Å². The van der Waals surface area contributed by atoms with Gasteiger partial charge in [-0.1, -0.05) is 0 Å². The van der Waals surface area contributed by atoms with Crippen molar-refractivity contribution in [3.8, 4) is 5.69 Å². The molecule has 4 rings (SSSR count). The normalized spacial score (nSPS) is 11.8. The van der Waals surface area contributed by atoms with E-state index in [9.17, 15) is 23.6 Å². The van der Waals surface area contributed by atoms with Crippen LogP contribution in [0.15, 0.2) is 41.2 Å². The van der Waals surface area contributed by atoms with Gasteiger partial charge in [-0.15, -0.1) is 0 Å². The Bertz CT molecular complexity index is 1270. The Balaban J connectivity index is 1.69. The largest absolute Gasteiger partial charge is 0.465 e. The van der Waals surface area contributed by atoms with Crippen LogP contribution in [-0.2, 0) is 0 Å². The maximum Gasteiger partial charge on any atom is 0.404 e. The number of nitrogens with zero attached hydrogens (tertiary/aromatic N) is 2. The van der Waals surface area contributed by atoms with E-state index in [-0.39, 0.29) is 46.6 Å². The molecular weight excluding hydrogens is 383 g/mol. The lowest BCUT2D eigenvalue weighted by atomic mass is 10.1. The zero-order chi connectivity index (χ0) is 20.7. The van der Waals surface area contributed by atoms with Gasteiger partial charge in [0.2, 0.25) is 5.78 Å². The Hall–Kier alpha value is -4.08. The number of amides is 2. The SMILES string of the molecule is O=C(O)NCCNC(=O)c1ccc2c(c1)C(=O)c1nc3cc(F)ccc3c(=O)n1-2. The summed E-state index contributed by atoms with van der Waals surface area (Å²) in [6, 6.07) is 7.79. The highest BCUT2D eigenvalue weighted by Gasteiger charge is 2.31. The van der Waals surface area contributed by atoms with Crippen molar-refractivity contribution in [2.75, 3.05) is 13.1 Å². The molecule has 0 atom stereocenters. The number of carbonyl (C=O) groups is 3. The Morgan fingerprint density at radius 3 is 2.59 bits per heavy atom. The Kier molecular flexibility index (Phi) is 4.30. The summed E-state index contributed by atoms with van der Waals surface area (Å²) in [6.07, 6.45) is -1.20. The van der Waals surface area contributed by atoms with Gasteiger partial charge in [-0.25, -0.2) is 14.2 Å². The number of rotatable bonds is 4. The molecule has 146 valence electrons. The minimum Gasteiger partial charge on any atom is -0.465 e. The third-order valence-corrected chi connectivity index (χ3v) is 4.47. The van der Waals surface area contributed by atoms with Crippen LogP contribution >= 0.6 is 0 Å². The van der Waals surface area contributed by atoms with Crippen LogP contribution in [0.4, 0.5) is 9.18 Å². The van der Waals surface area contributed by atoms with Gasteiger partial charge in [0.1, 0.15) is 5.82 Å². The van der Waals surface area contributed by atoms with Crippen LogP contribution in [0.2, 0.25) is 0 Å². The third-order valence-electron chi connectivity index (χ3n) is 4.47. The van der Waals surface area contributed by atoms with Gasteiger partial charge in [0, 0.05) is 24.7 Å². The fourth-order valence-electron chi connectivity index (χ4n) is 3.16. The molecule has 0 aliphatic carbocycles. The van der Waals surface area contributed by atoms with Gasteiger partial charge in [0.15, 0.2) is 5.82 Å². The molecule has 2 amide bonds. The van der Waals surface area contributed by atoms with Gasteiger partial charge in [-0.05, 0) is 30.3 Å². The van der Waals surface area contributed by atoms with E-state index in [4.69, 9.17) is 5.11 Å². The lowest BCUT2D eigenvalue weighted by Gasteiger charge is -2.07. The average Bonchev–Trinajstić information content (AvgIpc) is 2.96. The molecule has 0 spiro atoms. The van der Waals surface area contributed by atoms with Crippen LogP contribution in [0.3, 0.4) is 0 Å². The zero-order valence-corrected chi connectivity index (χ0v) is 14.7. The summed E-state index contributed by atoms with van der Waals surface area (Å²) >= 11 is 0. The molecule has 0 unspecified atom stereocenters. The van der Waals surface area contributed by atoms with E-state index >= 15 is 0 Å². The second kappa shape index (κ2) is 6.82. The maximum absolute atomic E-state index is 13.5. The summed E-state index contributed by atoms with van der Waals surface area (Å²) in [7, 11) is 0. The summed E-state index contributed by atoms with van der Waals surface area (Å²) in [5.41, 5.74) is 0.156. The van der Waals surface area contributed by atoms with Gasteiger partial charge in [-0.2, -0.15) is 0 Å². The topological polar surface area (TPSA) is 130 Å². The number of ketones is 1. The van der Waals surface area contributed by atoms with Crippen LogP contribution < -0.4 is 16.2 Å². The number of hydrogen-bond acceptors (Lipinski definition) is 5. The van der Waals surface area contributed by atoms with Crippen molar-refractivity contribution >= 4 is 28.7 Å². The first kappa shape index (κ1) is 18.3. The molecule has 1 aromatic heterocycles. The molecule has 3 aromatic rings. The number of carbonyl (C=O) groups excluding carboxylic acids is 2. The van der Waals surface area contributed by atoms with Crippen molar-refractivity contribution in [3.63, 3.8) is 0 Å². The smallest absolute Gasteiger partial charge is 0.404 e. The first-order valence-electron chi connectivity index (χ1n) is 8.53. The quantitative estimate of drug-likeness (QED) is 0.442. The van der Waals surface area contributed by atoms with Crippen LogP contribution in [0, 0.1) is 5.82 Å². The molecule has 3 N–H and O–H groups in total. The number of hydrogen-bond donors (Lipinski definition) is 3. The molecule has 0 bridgehead atoms. The molecule has 0 fully saturated rings. The summed E-state index contributed by atoms with van der Waals surface area (Å²) < 4.78 is 14.6. The van der Waals surface area contributed by atoms with Crippen molar-refractivity contribution in [2.24, 2.45) is 0 Å². The fourth-order valence-corrected chi connectivity index (χ4v) is 3.16. The van der Waals surface area contributed by atoms with Crippen molar-refractivity contribution in [1.82, 2.24) is 20.2 Å². The minimum absolute atomic E-state index is 0.0266. The van der Waals surface area contributed by atoms with Crippen molar-refractivity contribution in [2.45, 2.75) is 0 Å². The van der Waals surface area contributed by atoms with Crippen molar-refractivity contribution in [1.29, 1.82) is 0 Å². The molecule has 10 heteroatoms. The number of benzene rings is 2. The standard InChI is InChI=1S/C19H13FN4O5/c20-10-2-3-11-13(8-10)23-16-15(25)12-7-9(1-4-14(12)24(16)18(11)27)17(26)21-5-6-22-19(28)29/h1-4,7-8,22H,5-6H2,(H,21,26)(H,28,29). The van der Waals surface area contributed by atoms with E-state index in [0.29, 0.717) is 0 Å². The van der Waals surface area contributed by atoms with Gasteiger partial charge in [0.05, 0.1) is 22.2 Å².